The van der Waals surface area contributed by atoms with Crippen LogP contribution in [0.2, 0.25) is 5.02 Å². The van der Waals surface area contributed by atoms with Gasteiger partial charge in [0.25, 0.3) is 0 Å². The van der Waals surface area contributed by atoms with Gasteiger partial charge in [0.2, 0.25) is 5.88 Å². The molecule has 11 heteroatoms. The van der Waals surface area contributed by atoms with Crippen LogP contribution in [0.15, 0.2) is 30.6 Å². The van der Waals surface area contributed by atoms with Gasteiger partial charge in [-0.1, -0.05) is 18.5 Å². The lowest BCUT2D eigenvalue weighted by molar-refractivity contribution is 0.0843. The number of nitrogens with one attached hydrogen (secondary N) is 1. The molecule has 0 bridgehead atoms. The minimum atomic E-state index is -1.07. The average molecular weight is 499 g/mol. The van der Waals surface area contributed by atoms with Crippen LogP contribution in [0.25, 0.3) is 21.9 Å². The lowest BCUT2D eigenvalue weighted by atomic mass is 9.98. The number of hydrogen-bond acceptors (Lipinski definition) is 7. The van der Waals surface area contributed by atoms with E-state index in [1.165, 1.54) is 4.90 Å². The number of anilines is 2. The zero-order chi connectivity index (χ0) is 24.7. The number of ether oxygens (including phenoxy) is 3. The number of amides is 2. The molecule has 2 atom stereocenters. The van der Waals surface area contributed by atoms with Gasteiger partial charge in [-0.15, -0.1) is 0 Å². The van der Waals surface area contributed by atoms with Gasteiger partial charge >= 0.3 is 12.2 Å². The van der Waals surface area contributed by atoms with Gasteiger partial charge in [-0.25, -0.2) is 19.6 Å². The van der Waals surface area contributed by atoms with E-state index >= 15 is 0 Å². The first-order chi connectivity index (χ1) is 16.8. The second-order valence-corrected chi connectivity index (χ2v) is 8.97. The number of rotatable bonds is 3. The molecule has 1 saturated heterocycles. The summed E-state index contributed by atoms with van der Waals surface area (Å²) in [5.41, 5.74) is 2.58. The molecule has 0 saturated carbocycles. The number of aromatic nitrogens is 2. The average Bonchev–Trinajstić information content (AvgIpc) is 3.22. The fourth-order valence-electron chi connectivity index (χ4n) is 4.32. The Morgan fingerprint density at radius 2 is 2.06 bits per heavy atom. The molecule has 2 aliphatic heterocycles. The Bertz CT molecular complexity index is 1330. The Morgan fingerprint density at radius 1 is 1.23 bits per heavy atom. The molecular formula is C24H23ClN4O6. The number of benzene rings is 1. The summed E-state index contributed by atoms with van der Waals surface area (Å²) >= 11 is 6.56. The molecule has 3 aromatic rings. The molecule has 2 amide bonds. The van der Waals surface area contributed by atoms with Gasteiger partial charge in [0.1, 0.15) is 24.2 Å². The van der Waals surface area contributed by atoms with E-state index in [9.17, 15) is 14.7 Å². The molecule has 5 rings (SSSR count). The predicted octanol–water partition coefficient (Wildman–Crippen LogP) is 4.72. The van der Waals surface area contributed by atoms with Crippen LogP contribution >= 0.6 is 11.6 Å². The highest BCUT2D eigenvalue weighted by Crippen LogP contribution is 2.40. The summed E-state index contributed by atoms with van der Waals surface area (Å²) in [6.07, 6.45) is 1.24. The summed E-state index contributed by atoms with van der Waals surface area (Å²) in [4.78, 5) is 34.0. The third-order valence-corrected chi connectivity index (χ3v) is 6.52. The Kier molecular flexibility index (Phi) is 6.08. The van der Waals surface area contributed by atoms with Gasteiger partial charge in [-0.2, -0.15) is 0 Å². The van der Waals surface area contributed by atoms with Crippen molar-refractivity contribution in [1.82, 2.24) is 9.97 Å². The second-order valence-electron chi connectivity index (χ2n) is 8.57. The first-order valence-electron chi connectivity index (χ1n) is 11.1. The number of carbonyl (C=O) groups is 2. The van der Waals surface area contributed by atoms with Crippen LogP contribution in [0.4, 0.5) is 21.1 Å². The van der Waals surface area contributed by atoms with Crippen LogP contribution in [0.3, 0.4) is 0 Å². The maximum Gasteiger partial charge on any atom is 0.413 e. The van der Waals surface area contributed by atoms with Gasteiger partial charge in [-0.05, 0) is 41.6 Å². The highest BCUT2D eigenvalue weighted by molar-refractivity contribution is 6.36. The number of carbonyl (C=O) groups excluding carboxylic acids is 1. The number of hydrogen-bond donors (Lipinski definition) is 2. The molecule has 182 valence electrons. The number of carboxylic acid groups (broad SMARTS) is 1. The van der Waals surface area contributed by atoms with Crippen LogP contribution in [-0.4, -0.2) is 59.7 Å². The van der Waals surface area contributed by atoms with E-state index in [0.29, 0.717) is 46.3 Å². The van der Waals surface area contributed by atoms with Gasteiger partial charge in [-0.3, -0.25) is 10.2 Å². The standard InChI is InChI=1S/C24H23ClN4O6/c1-12-10-33-11-19(12)35-23(30)28-20-7-15-5-14(6-18(25)17(15)9-26-20)16-8-27-22-21(13(16)2)29(24(31)32)3-4-34-22/h5-9,12,19H,3-4,10-11H2,1-2H3,(H,31,32)(H,26,28,30)/t12-,19-/m1/s1. The molecule has 0 radical (unpaired) electrons. The molecular weight excluding hydrogens is 476 g/mol. The molecule has 0 spiro atoms. The maximum absolute atomic E-state index is 12.3. The van der Waals surface area contributed by atoms with E-state index in [0.717, 1.165) is 10.9 Å². The highest BCUT2D eigenvalue weighted by Gasteiger charge is 2.29. The molecule has 1 fully saturated rings. The Morgan fingerprint density at radius 3 is 2.80 bits per heavy atom. The topological polar surface area (TPSA) is 123 Å². The van der Waals surface area contributed by atoms with Crippen molar-refractivity contribution in [3.05, 3.63) is 41.2 Å². The van der Waals surface area contributed by atoms with Gasteiger partial charge in [0.15, 0.2) is 0 Å². The normalized spacial score (nSPS) is 19.2. The Labute approximate surface area is 205 Å². The molecule has 4 heterocycles. The summed E-state index contributed by atoms with van der Waals surface area (Å²) in [5, 5.41) is 14.2. The van der Waals surface area contributed by atoms with Gasteiger partial charge in [0.05, 0.1) is 24.8 Å². The van der Waals surface area contributed by atoms with E-state index in [4.69, 9.17) is 25.8 Å². The summed E-state index contributed by atoms with van der Waals surface area (Å²) in [6, 6.07) is 5.37. The van der Waals surface area contributed by atoms with E-state index in [-0.39, 0.29) is 31.1 Å². The minimum Gasteiger partial charge on any atom is -0.474 e. The van der Waals surface area contributed by atoms with Crippen LogP contribution in [0, 0.1) is 12.8 Å². The SMILES string of the molecule is Cc1c(-c2cc(Cl)c3cnc(NC(=O)O[C@@H]4COC[C@H]4C)cc3c2)cnc2c1N(C(=O)O)CCO2. The summed E-state index contributed by atoms with van der Waals surface area (Å²) < 4.78 is 16.3. The molecule has 2 aliphatic rings. The second kappa shape index (κ2) is 9.20. The summed E-state index contributed by atoms with van der Waals surface area (Å²) in [6.45, 7) is 5.17. The van der Waals surface area contributed by atoms with Crippen LogP contribution in [0.5, 0.6) is 5.88 Å². The third-order valence-electron chi connectivity index (χ3n) is 6.21. The van der Waals surface area contributed by atoms with Crippen LogP contribution in [0.1, 0.15) is 12.5 Å². The molecule has 2 N–H and O–H groups in total. The quantitative estimate of drug-likeness (QED) is 0.531. The van der Waals surface area contributed by atoms with Crippen LogP contribution in [-0.2, 0) is 9.47 Å². The third kappa shape index (κ3) is 4.42. The zero-order valence-electron chi connectivity index (χ0n) is 19.1. The van der Waals surface area contributed by atoms with Gasteiger partial charge < -0.3 is 19.3 Å². The van der Waals surface area contributed by atoms with Crippen molar-refractivity contribution < 1.29 is 28.9 Å². The molecule has 35 heavy (non-hydrogen) atoms. The van der Waals surface area contributed by atoms with Crippen molar-refractivity contribution in [2.75, 3.05) is 36.6 Å². The molecule has 0 unspecified atom stereocenters. The van der Waals surface area contributed by atoms with E-state index in [2.05, 4.69) is 15.3 Å². The first-order valence-corrected chi connectivity index (χ1v) is 11.5. The first kappa shape index (κ1) is 23.1. The lowest BCUT2D eigenvalue weighted by Crippen LogP contribution is -2.37. The van der Waals surface area contributed by atoms with E-state index in [1.807, 2.05) is 19.9 Å². The van der Waals surface area contributed by atoms with E-state index < -0.39 is 12.2 Å². The molecule has 0 aliphatic carbocycles. The largest absolute Gasteiger partial charge is 0.474 e. The molecule has 10 nitrogen and oxygen atoms in total. The number of nitrogens with zero attached hydrogens (tertiary/aromatic N) is 3. The summed E-state index contributed by atoms with van der Waals surface area (Å²) in [7, 11) is 0. The fourth-order valence-corrected chi connectivity index (χ4v) is 4.60. The van der Waals surface area contributed by atoms with Crippen molar-refractivity contribution in [2.45, 2.75) is 20.0 Å². The smallest absolute Gasteiger partial charge is 0.413 e. The predicted molar refractivity (Wildman–Crippen MR) is 129 cm³/mol. The van der Waals surface area contributed by atoms with Crippen molar-refractivity contribution in [3.8, 4) is 17.0 Å². The molecule has 2 aromatic heterocycles. The Hall–Kier alpha value is -3.63. The van der Waals surface area contributed by atoms with Crippen molar-refractivity contribution >= 4 is 46.1 Å². The number of pyridine rings is 2. The minimum absolute atomic E-state index is 0.127. The van der Waals surface area contributed by atoms with Crippen LogP contribution < -0.4 is 15.0 Å². The van der Waals surface area contributed by atoms with Crippen molar-refractivity contribution in [2.24, 2.45) is 5.92 Å². The Balaban J connectivity index is 1.47. The maximum atomic E-state index is 12.3. The number of halogens is 1. The van der Waals surface area contributed by atoms with Crippen molar-refractivity contribution in [3.63, 3.8) is 0 Å². The summed E-state index contributed by atoms with van der Waals surface area (Å²) in [5.74, 6) is 0.721. The van der Waals surface area contributed by atoms with Gasteiger partial charge in [0, 0.05) is 29.3 Å². The number of fused-ring (bicyclic) bond motifs is 2. The molecule has 1 aromatic carbocycles. The monoisotopic (exact) mass is 498 g/mol. The zero-order valence-corrected chi connectivity index (χ0v) is 19.8. The van der Waals surface area contributed by atoms with E-state index in [1.54, 1.807) is 24.5 Å². The van der Waals surface area contributed by atoms with Crippen molar-refractivity contribution in [1.29, 1.82) is 0 Å². The lowest BCUT2D eigenvalue weighted by Gasteiger charge is -2.28. The fraction of sp³-hybridized carbons (Fsp3) is 0.333. The highest BCUT2D eigenvalue weighted by atomic mass is 35.5.